The number of amidine groups is 1. The maximum atomic E-state index is 12.7. The first-order valence-electron chi connectivity index (χ1n) is 10.1. The lowest BCUT2D eigenvalue weighted by Crippen LogP contribution is -2.35. The molecule has 3 aromatic rings. The molecule has 0 saturated carbocycles. The summed E-state index contributed by atoms with van der Waals surface area (Å²) in [5.74, 6) is -0.922. The van der Waals surface area contributed by atoms with E-state index in [1.165, 1.54) is 30.8 Å². The third-order valence-corrected chi connectivity index (χ3v) is 7.52. The quantitative estimate of drug-likeness (QED) is 0.424. The molecule has 0 radical (unpaired) electrons. The van der Waals surface area contributed by atoms with Gasteiger partial charge in [0.2, 0.25) is 5.91 Å². The fourth-order valence-corrected chi connectivity index (χ4v) is 6.01. The van der Waals surface area contributed by atoms with Gasteiger partial charge in [-0.2, -0.15) is 0 Å². The smallest absolute Gasteiger partial charge is 0.338 e. The van der Waals surface area contributed by atoms with Crippen molar-refractivity contribution in [3.63, 3.8) is 0 Å². The fraction of sp³-hybridized carbons (Fsp3) is 0.182. The van der Waals surface area contributed by atoms with Gasteiger partial charge in [-0.25, -0.2) is 18.0 Å². The van der Waals surface area contributed by atoms with Crippen LogP contribution in [0.5, 0.6) is 0 Å². The van der Waals surface area contributed by atoms with E-state index in [0.717, 1.165) is 5.69 Å². The van der Waals surface area contributed by atoms with Crippen LogP contribution >= 0.6 is 11.8 Å². The van der Waals surface area contributed by atoms with E-state index in [0.29, 0.717) is 33.2 Å². The van der Waals surface area contributed by atoms with Gasteiger partial charge in [0.05, 0.1) is 17.0 Å². The zero-order chi connectivity index (χ0) is 24.0. The zero-order valence-electron chi connectivity index (χ0n) is 17.7. The molecule has 12 heteroatoms. The number of carbonyl (C=O) groups is 2. The molecule has 1 N–H and O–H groups in total. The van der Waals surface area contributed by atoms with Gasteiger partial charge in [0.1, 0.15) is 12.2 Å². The summed E-state index contributed by atoms with van der Waals surface area (Å²) in [5, 5.41) is 3.56. The van der Waals surface area contributed by atoms with Crippen LogP contribution in [0.2, 0.25) is 0 Å². The van der Waals surface area contributed by atoms with E-state index in [-0.39, 0.29) is 29.4 Å². The maximum absolute atomic E-state index is 12.7. The van der Waals surface area contributed by atoms with Gasteiger partial charge in [0, 0.05) is 47.1 Å². The largest absolute Gasteiger partial charge is 0.457 e. The highest BCUT2D eigenvalue weighted by Crippen LogP contribution is 2.42. The van der Waals surface area contributed by atoms with Crippen LogP contribution in [0.15, 0.2) is 61.0 Å². The van der Waals surface area contributed by atoms with E-state index >= 15 is 0 Å². The number of nitrogens with zero attached hydrogens (tertiary/aromatic N) is 2. The van der Waals surface area contributed by atoms with E-state index in [4.69, 9.17) is 9.15 Å². The Morgan fingerprint density at radius 2 is 2.03 bits per heavy atom. The number of rotatable bonds is 4. The Labute approximate surface area is 197 Å². The minimum atomic E-state index is -3.47. The molecule has 174 valence electrons. The molecule has 2 aromatic carbocycles. The average molecular weight is 500 g/mol. The molecular weight excluding hydrogens is 482 g/mol. The normalized spacial score (nSPS) is 15.9. The van der Waals surface area contributed by atoms with Crippen LogP contribution in [0.4, 0.5) is 11.4 Å². The Bertz CT molecular complexity index is 1560. The molecule has 0 spiro atoms. The van der Waals surface area contributed by atoms with Gasteiger partial charge < -0.3 is 19.4 Å². The molecule has 34 heavy (non-hydrogen) atoms. The molecule has 1 aromatic heterocycles. The topological polar surface area (TPSA) is 135 Å². The SMILES string of the molecule is CC(=O)Nc1ccc2c(COC(=O)c3ccc4c(c3)SC3=NS(=O)(=O)CCN34)cc(=O)oc2c1. The molecule has 3 heterocycles. The third kappa shape index (κ3) is 4.29. The molecular formula is C22H17N3O7S2. The highest BCUT2D eigenvalue weighted by molar-refractivity contribution is 8.15. The van der Waals surface area contributed by atoms with Crippen LogP contribution < -0.4 is 15.8 Å². The molecule has 10 nitrogen and oxygen atoms in total. The van der Waals surface area contributed by atoms with Gasteiger partial charge in [-0.1, -0.05) is 0 Å². The predicted molar refractivity (Wildman–Crippen MR) is 127 cm³/mol. The molecule has 1 amide bonds. The first-order valence-corrected chi connectivity index (χ1v) is 12.5. The number of anilines is 2. The van der Waals surface area contributed by atoms with E-state index < -0.39 is 21.6 Å². The van der Waals surface area contributed by atoms with Crippen molar-refractivity contribution in [3.05, 3.63) is 64.0 Å². The van der Waals surface area contributed by atoms with Crippen LogP contribution in [0.3, 0.4) is 0 Å². The number of fused-ring (bicyclic) bond motifs is 4. The average Bonchev–Trinajstić information content (AvgIpc) is 3.11. The van der Waals surface area contributed by atoms with E-state index in [2.05, 4.69) is 9.71 Å². The summed E-state index contributed by atoms with van der Waals surface area (Å²) < 4.78 is 38.0. The number of nitrogens with one attached hydrogen (secondary N) is 1. The van der Waals surface area contributed by atoms with E-state index in [1.807, 2.05) is 0 Å². The van der Waals surface area contributed by atoms with Crippen molar-refractivity contribution in [1.82, 2.24) is 0 Å². The van der Waals surface area contributed by atoms with Crippen molar-refractivity contribution < 1.29 is 27.2 Å². The van der Waals surface area contributed by atoms with Crippen molar-refractivity contribution in [2.24, 2.45) is 4.40 Å². The molecule has 2 aliphatic heterocycles. The van der Waals surface area contributed by atoms with E-state index in [9.17, 15) is 22.8 Å². The monoisotopic (exact) mass is 499 g/mol. The first kappa shape index (κ1) is 22.2. The lowest BCUT2D eigenvalue weighted by Gasteiger charge is -2.22. The molecule has 0 unspecified atom stereocenters. The number of carbonyl (C=O) groups excluding carboxylic acids is 2. The van der Waals surface area contributed by atoms with Gasteiger partial charge in [-0.3, -0.25) is 4.79 Å². The van der Waals surface area contributed by atoms with Crippen molar-refractivity contribution in [1.29, 1.82) is 0 Å². The summed E-state index contributed by atoms with van der Waals surface area (Å²) in [5.41, 5.74) is 1.65. The Kier molecular flexibility index (Phi) is 5.41. The first-order chi connectivity index (χ1) is 16.2. The van der Waals surface area contributed by atoms with Crippen molar-refractivity contribution in [2.45, 2.75) is 18.4 Å². The Morgan fingerprint density at radius 3 is 2.82 bits per heavy atom. The van der Waals surface area contributed by atoms with Gasteiger partial charge in [-0.15, -0.1) is 4.40 Å². The van der Waals surface area contributed by atoms with Crippen molar-refractivity contribution in [3.8, 4) is 0 Å². The lowest BCUT2D eigenvalue weighted by molar-refractivity contribution is -0.114. The fourth-order valence-electron chi connectivity index (χ4n) is 3.71. The standard InChI is InChI=1S/C22H17N3O7S2/c1-12(26)23-15-3-4-16-14(9-20(27)32-18(16)10-15)11-31-21(28)13-2-5-17-19(8-13)33-22-24-34(29,30)7-6-25(17)22/h2-5,8-10H,6-7,11H2,1H3,(H,23,26). The minimum Gasteiger partial charge on any atom is -0.457 e. The van der Waals surface area contributed by atoms with Gasteiger partial charge in [0.25, 0.3) is 10.0 Å². The zero-order valence-corrected chi connectivity index (χ0v) is 19.4. The Morgan fingerprint density at radius 1 is 1.21 bits per heavy atom. The highest BCUT2D eigenvalue weighted by Gasteiger charge is 2.33. The lowest BCUT2D eigenvalue weighted by atomic mass is 10.1. The summed E-state index contributed by atoms with van der Waals surface area (Å²) in [7, 11) is -3.47. The number of sulfonamides is 1. The second-order valence-electron chi connectivity index (χ2n) is 7.66. The van der Waals surface area contributed by atoms with Crippen LogP contribution in [-0.2, 0) is 26.2 Å². The number of benzene rings is 2. The minimum absolute atomic E-state index is 0.0639. The maximum Gasteiger partial charge on any atom is 0.338 e. The highest BCUT2D eigenvalue weighted by atomic mass is 32.2. The van der Waals surface area contributed by atoms with Crippen LogP contribution in [0, 0.1) is 0 Å². The molecule has 0 atom stereocenters. The number of thioether (sulfide) groups is 1. The van der Waals surface area contributed by atoms with Crippen LogP contribution in [-0.4, -0.2) is 37.8 Å². The summed E-state index contributed by atoms with van der Waals surface area (Å²) >= 11 is 1.18. The molecule has 5 rings (SSSR count). The number of ether oxygens (including phenoxy) is 1. The Hall–Kier alpha value is -3.64. The second kappa shape index (κ2) is 8.29. The summed E-state index contributed by atoms with van der Waals surface area (Å²) in [4.78, 5) is 38.5. The molecule has 0 bridgehead atoms. The van der Waals surface area contributed by atoms with E-state index in [1.54, 1.807) is 35.2 Å². The number of amides is 1. The molecule has 2 aliphatic rings. The second-order valence-corrected chi connectivity index (χ2v) is 10.4. The van der Waals surface area contributed by atoms with Crippen molar-refractivity contribution in [2.75, 3.05) is 22.5 Å². The summed E-state index contributed by atoms with van der Waals surface area (Å²) in [6.45, 7) is 1.51. The predicted octanol–water partition coefficient (Wildman–Crippen LogP) is 2.72. The number of hydrogen-bond acceptors (Lipinski definition) is 9. The van der Waals surface area contributed by atoms with Gasteiger partial charge in [-0.05, 0) is 42.1 Å². The summed E-state index contributed by atoms with van der Waals surface area (Å²) in [6.07, 6.45) is 0. The number of esters is 1. The number of hydrogen-bond donors (Lipinski definition) is 1. The molecule has 0 aliphatic carbocycles. The summed E-state index contributed by atoms with van der Waals surface area (Å²) in [6, 6.07) is 11.1. The third-order valence-electron chi connectivity index (χ3n) is 5.22. The van der Waals surface area contributed by atoms with Gasteiger partial charge >= 0.3 is 11.6 Å². The van der Waals surface area contributed by atoms with Crippen LogP contribution in [0.25, 0.3) is 11.0 Å². The Balaban J connectivity index is 1.36. The van der Waals surface area contributed by atoms with Crippen LogP contribution in [0.1, 0.15) is 22.8 Å². The van der Waals surface area contributed by atoms with Gasteiger partial charge in [0.15, 0.2) is 5.17 Å². The molecule has 0 saturated heterocycles. The van der Waals surface area contributed by atoms with Crippen molar-refractivity contribution >= 4 is 61.2 Å². The molecule has 0 fully saturated rings.